The second kappa shape index (κ2) is 6.41. The van der Waals surface area contributed by atoms with Crippen LogP contribution in [0.25, 0.3) is 0 Å². The summed E-state index contributed by atoms with van der Waals surface area (Å²) in [5.74, 6) is -0.443. The molecule has 4 aliphatic carbocycles. The number of aliphatic hydroxyl groups excluding tert-OH is 1. The number of ketones is 3. The average Bonchev–Trinajstić information content (AvgIpc) is 2.98. The van der Waals surface area contributed by atoms with Crippen LogP contribution in [0.15, 0.2) is 4.99 Å². The van der Waals surface area contributed by atoms with E-state index in [-0.39, 0.29) is 36.2 Å². The Balaban J connectivity index is 1.68. The van der Waals surface area contributed by atoms with Crippen molar-refractivity contribution in [3.05, 3.63) is 0 Å². The van der Waals surface area contributed by atoms with E-state index in [1.165, 1.54) is 11.8 Å². The number of hydrogen-bond donors (Lipinski definition) is 2. The molecule has 2 bridgehead atoms. The van der Waals surface area contributed by atoms with Crippen molar-refractivity contribution in [2.75, 3.05) is 13.7 Å². The molecule has 7 nitrogen and oxygen atoms in total. The number of hydrogen-bond acceptors (Lipinski definition) is 8. The van der Waals surface area contributed by atoms with Crippen LogP contribution in [-0.4, -0.2) is 62.4 Å². The number of aliphatic hydroxyl groups is 2. The number of fused-ring (bicyclic) bond motifs is 2. The van der Waals surface area contributed by atoms with E-state index in [1.807, 2.05) is 6.92 Å². The number of rotatable bonds is 2. The number of carbonyl (C=O) groups is 3. The second-order valence-electron chi connectivity index (χ2n) is 10.7. The summed E-state index contributed by atoms with van der Waals surface area (Å²) in [5.41, 5.74) is -3.69. The minimum Gasteiger partial charge on any atom is -0.476 e. The summed E-state index contributed by atoms with van der Waals surface area (Å²) in [6, 6.07) is 0. The lowest BCUT2D eigenvalue weighted by atomic mass is 9.41. The van der Waals surface area contributed by atoms with E-state index in [0.717, 1.165) is 6.42 Å². The lowest BCUT2D eigenvalue weighted by Gasteiger charge is -2.69. The normalized spacial score (nSPS) is 50.8. The molecule has 1 spiro atoms. The van der Waals surface area contributed by atoms with Crippen molar-refractivity contribution in [2.24, 2.45) is 27.7 Å². The summed E-state index contributed by atoms with van der Waals surface area (Å²) in [6.45, 7) is 3.27. The number of methoxy groups -OCH3 is 1. The van der Waals surface area contributed by atoms with E-state index < -0.39 is 39.1 Å². The van der Waals surface area contributed by atoms with Crippen molar-refractivity contribution in [3.8, 4) is 0 Å². The Morgan fingerprint density at radius 3 is 2.55 bits per heavy atom. The summed E-state index contributed by atoms with van der Waals surface area (Å²) in [5, 5.41) is 21.4. The Labute approximate surface area is 186 Å². The Hall–Kier alpha value is -1.25. The largest absolute Gasteiger partial charge is 0.476 e. The molecule has 4 fully saturated rings. The molecule has 2 N–H and O–H groups in total. The molecule has 0 aromatic heterocycles. The van der Waals surface area contributed by atoms with Gasteiger partial charge in [-0.05, 0) is 43.9 Å². The third-order valence-corrected chi connectivity index (χ3v) is 11.7. The van der Waals surface area contributed by atoms with E-state index in [1.54, 1.807) is 7.11 Å². The average molecular weight is 450 g/mol. The molecule has 31 heavy (non-hydrogen) atoms. The zero-order valence-corrected chi connectivity index (χ0v) is 19.2. The Kier molecular flexibility index (Phi) is 4.47. The highest BCUT2D eigenvalue weighted by Crippen LogP contribution is 2.75. The molecule has 0 aromatic rings. The summed E-state index contributed by atoms with van der Waals surface area (Å²) in [7, 11) is 1.56. The number of aliphatic imine (C=N–C) groups is 1. The van der Waals surface area contributed by atoms with Crippen molar-refractivity contribution >= 4 is 34.3 Å². The number of Topliss-reactive ketones (excluding diaryl/α,β-unsaturated/α-hetero) is 3. The number of thioether (sulfide) groups is 1. The van der Waals surface area contributed by atoms with Crippen LogP contribution in [0.2, 0.25) is 0 Å². The molecule has 8 heteroatoms. The maximum absolute atomic E-state index is 14.2. The lowest BCUT2D eigenvalue weighted by molar-refractivity contribution is -0.175. The number of carbonyl (C=O) groups excluding carboxylic acids is 3. The van der Waals surface area contributed by atoms with Gasteiger partial charge in [-0.2, -0.15) is 0 Å². The van der Waals surface area contributed by atoms with E-state index in [2.05, 4.69) is 6.92 Å². The van der Waals surface area contributed by atoms with Gasteiger partial charge in [-0.1, -0.05) is 25.6 Å². The molecule has 1 aliphatic heterocycles. The van der Waals surface area contributed by atoms with Gasteiger partial charge in [-0.3, -0.25) is 14.4 Å². The van der Waals surface area contributed by atoms with Crippen molar-refractivity contribution in [3.63, 3.8) is 0 Å². The molecule has 4 saturated carbocycles. The zero-order chi connectivity index (χ0) is 22.4. The summed E-state index contributed by atoms with van der Waals surface area (Å²) in [6.07, 6.45) is 3.82. The predicted octanol–water partition coefficient (Wildman–Crippen LogP) is 2.06. The van der Waals surface area contributed by atoms with Crippen LogP contribution in [0.4, 0.5) is 0 Å². The smallest absolute Gasteiger partial charge is 0.247 e. The first-order valence-electron chi connectivity index (χ1n) is 11.3. The van der Waals surface area contributed by atoms with Crippen LogP contribution in [0.5, 0.6) is 0 Å². The third kappa shape index (κ3) is 2.24. The first kappa shape index (κ1) is 21.6. The molecule has 170 valence electrons. The monoisotopic (exact) mass is 449 g/mol. The molecular weight excluding hydrogens is 418 g/mol. The highest BCUT2D eigenvalue weighted by atomic mass is 32.2. The highest BCUT2D eigenvalue weighted by Gasteiger charge is 2.79. The van der Waals surface area contributed by atoms with Gasteiger partial charge in [-0.15, -0.1) is 0 Å². The van der Waals surface area contributed by atoms with Crippen molar-refractivity contribution in [1.29, 1.82) is 0 Å². The van der Waals surface area contributed by atoms with Gasteiger partial charge in [-0.25, -0.2) is 4.99 Å². The van der Waals surface area contributed by atoms with Gasteiger partial charge in [0.25, 0.3) is 0 Å². The van der Waals surface area contributed by atoms with Crippen LogP contribution in [0.1, 0.15) is 65.2 Å². The standard InChI is InChI=1S/C23H31NO6S/c1-19-11-16(27)23-15(14(19)6-9-22(19,29)17(28)12-25)5-8-21(24-18(30-3)31-23)10-13(26)4-7-20(21,23)2/h14-15,25,29H,4-12H2,1-3H3. The molecule has 0 saturated heterocycles. The fourth-order valence-corrected chi connectivity index (χ4v) is 9.99. The van der Waals surface area contributed by atoms with Gasteiger partial charge in [0.05, 0.1) is 17.4 Å². The summed E-state index contributed by atoms with van der Waals surface area (Å²) < 4.78 is 4.81. The van der Waals surface area contributed by atoms with Crippen LogP contribution >= 0.6 is 11.8 Å². The second-order valence-corrected chi connectivity index (χ2v) is 11.9. The van der Waals surface area contributed by atoms with Crippen molar-refractivity contribution < 1.29 is 29.3 Å². The molecule has 0 aromatic carbocycles. The van der Waals surface area contributed by atoms with E-state index in [9.17, 15) is 24.6 Å². The maximum atomic E-state index is 14.2. The summed E-state index contributed by atoms with van der Waals surface area (Å²) in [4.78, 5) is 44.3. The van der Waals surface area contributed by atoms with Crippen LogP contribution in [-0.2, 0) is 19.1 Å². The Morgan fingerprint density at radius 2 is 1.87 bits per heavy atom. The third-order valence-electron chi connectivity index (χ3n) is 9.97. The van der Waals surface area contributed by atoms with E-state index in [4.69, 9.17) is 9.73 Å². The van der Waals surface area contributed by atoms with E-state index >= 15 is 0 Å². The number of nitrogens with zero attached hydrogens (tertiary/aromatic N) is 1. The van der Waals surface area contributed by atoms with Crippen LogP contribution in [0.3, 0.4) is 0 Å². The highest BCUT2D eigenvalue weighted by molar-refractivity contribution is 8.15. The molecule has 7 atom stereocenters. The summed E-state index contributed by atoms with van der Waals surface area (Å²) >= 11 is 1.42. The molecule has 5 rings (SSSR count). The Bertz CT molecular complexity index is 920. The first-order chi connectivity index (χ1) is 14.5. The van der Waals surface area contributed by atoms with Crippen molar-refractivity contribution in [1.82, 2.24) is 0 Å². The van der Waals surface area contributed by atoms with Gasteiger partial charge in [0.15, 0.2) is 11.6 Å². The van der Waals surface area contributed by atoms with E-state index in [0.29, 0.717) is 37.3 Å². The first-order valence-corrected chi connectivity index (χ1v) is 12.1. The van der Waals surface area contributed by atoms with Crippen LogP contribution < -0.4 is 0 Å². The molecule has 0 radical (unpaired) electrons. The molecule has 0 amide bonds. The van der Waals surface area contributed by atoms with Gasteiger partial charge >= 0.3 is 0 Å². The van der Waals surface area contributed by atoms with Gasteiger partial charge in [0.1, 0.15) is 18.0 Å². The van der Waals surface area contributed by atoms with Gasteiger partial charge < -0.3 is 14.9 Å². The SMILES string of the molecule is COC1=NC23CCC4C5CCC(O)(C(=O)CO)C5(C)CC(=O)C4(S1)C2(C)CCC(=O)C3. The maximum Gasteiger partial charge on any atom is 0.247 e. The lowest BCUT2D eigenvalue weighted by Crippen LogP contribution is -2.76. The minimum absolute atomic E-state index is 0.0256. The number of ether oxygens (including phenoxy) is 1. The predicted molar refractivity (Wildman–Crippen MR) is 115 cm³/mol. The van der Waals surface area contributed by atoms with Gasteiger partial charge in [0.2, 0.25) is 5.23 Å². The van der Waals surface area contributed by atoms with Gasteiger partial charge in [0, 0.05) is 30.1 Å². The fourth-order valence-electron chi connectivity index (χ4n) is 8.27. The zero-order valence-electron chi connectivity index (χ0n) is 18.4. The Morgan fingerprint density at radius 1 is 1.16 bits per heavy atom. The molecule has 1 heterocycles. The molecule has 7 unspecified atom stereocenters. The molecular formula is C23H31NO6S. The van der Waals surface area contributed by atoms with Crippen LogP contribution in [0, 0.1) is 22.7 Å². The fraction of sp³-hybridized carbons (Fsp3) is 0.826. The topological polar surface area (TPSA) is 113 Å². The molecule has 5 aliphatic rings. The quantitative estimate of drug-likeness (QED) is 0.663. The minimum atomic E-state index is -1.68. The van der Waals surface area contributed by atoms with Crippen molar-refractivity contribution in [2.45, 2.75) is 81.1 Å².